The molecule has 116 valence electrons. The molecule has 0 N–H and O–H groups in total. The smallest absolute Gasteiger partial charge is 0.276 e. The second kappa shape index (κ2) is 6.12. The molecule has 6 heteroatoms. The van der Waals surface area contributed by atoms with Gasteiger partial charge in [0.05, 0.1) is 5.69 Å². The van der Waals surface area contributed by atoms with E-state index in [1.165, 1.54) is 0 Å². The van der Waals surface area contributed by atoms with E-state index in [1.807, 2.05) is 29.7 Å². The Labute approximate surface area is 134 Å². The van der Waals surface area contributed by atoms with E-state index >= 15 is 0 Å². The molecule has 3 aromatic heterocycles. The van der Waals surface area contributed by atoms with Gasteiger partial charge in [-0.15, -0.1) is 10.2 Å². The Hall–Kier alpha value is -1.82. The number of pyridine rings is 1. The number of fused-ring (bicyclic) bond motifs is 1. The summed E-state index contributed by atoms with van der Waals surface area (Å²) < 4.78 is 7.83. The fourth-order valence-electron chi connectivity index (χ4n) is 2.27. The minimum absolute atomic E-state index is 0.530. The summed E-state index contributed by atoms with van der Waals surface area (Å²) in [6.45, 7) is 8.45. The summed E-state index contributed by atoms with van der Waals surface area (Å²) in [5, 5.41) is 8.97. The molecule has 0 bridgehead atoms. The molecular formula is C16H20N4OS. The van der Waals surface area contributed by atoms with Gasteiger partial charge in [-0.1, -0.05) is 31.7 Å². The van der Waals surface area contributed by atoms with E-state index in [0.29, 0.717) is 17.0 Å². The van der Waals surface area contributed by atoms with Crippen molar-refractivity contribution in [3.8, 4) is 11.6 Å². The van der Waals surface area contributed by atoms with E-state index < -0.39 is 0 Å². The van der Waals surface area contributed by atoms with Gasteiger partial charge in [0.25, 0.3) is 11.1 Å². The van der Waals surface area contributed by atoms with Gasteiger partial charge in [-0.3, -0.25) is 4.40 Å². The molecule has 0 unspecified atom stereocenters. The standard InChI is InChI=1S/C16H20N4OS/c1-10(2)7-8-22-16-19-18-15(21-16)14-12(4)17-13-6-5-11(3)9-20(13)14/h5-6,9-10H,7-8H2,1-4H3. The molecule has 3 aromatic rings. The van der Waals surface area contributed by atoms with Crippen molar-refractivity contribution in [1.29, 1.82) is 0 Å². The van der Waals surface area contributed by atoms with Crippen LogP contribution in [0.25, 0.3) is 17.2 Å². The average molecular weight is 316 g/mol. The molecule has 3 rings (SSSR count). The number of hydrogen-bond donors (Lipinski definition) is 0. The van der Waals surface area contributed by atoms with E-state index in [0.717, 1.165) is 34.8 Å². The van der Waals surface area contributed by atoms with Crippen LogP contribution < -0.4 is 0 Å². The summed E-state index contributed by atoms with van der Waals surface area (Å²) in [6, 6.07) is 4.05. The van der Waals surface area contributed by atoms with Crippen LogP contribution in [0, 0.1) is 19.8 Å². The number of nitrogens with zero attached hydrogens (tertiary/aromatic N) is 4. The lowest BCUT2D eigenvalue weighted by atomic mass is 10.2. The highest BCUT2D eigenvalue weighted by atomic mass is 32.2. The molecular weight excluding hydrogens is 296 g/mol. The van der Waals surface area contributed by atoms with Crippen molar-refractivity contribution in [3.63, 3.8) is 0 Å². The maximum Gasteiger partial charge on any atom is 0.276 e. The molecule has 0 radical (unpaired) electrons. The quantitative estimate of drug-likeness (QED) is 0.662. The van der Waals surface area contributed by atoms with Gasteiger partial charge in [0.1, 0.15) is 11.3 Å². The summed E-state index contributed by atoms with van der Waals surface area (Å²) in [5.41, 5.74) is 3.83. The van der Waals surface area contributed by atoms with Crippen molar-refractivity contribution in [2.45, 2.75) is 39.3 Å². The van der Waals surface area contributed by atoms with Gasteiger partial charge < -0.3 is 4.42 Å². The summed E-state index contributed by atoms with van der Waals surface area (Å²) >= 11 is 1.61. The number of thioether (sulfide) groups is 1. The van der Waals surface area contributed by atoms with Gasteiger partial charge in [-0.25, -0.2) is 4.98 Å². The number of aromatic nitrogens is 4. The van der Waals surface area contributed by atoms with Crippen LogP contribution in [-0.2, 0) is 0 Å². The van der Waals surface area contributed by atoms with Crippen LogP contribution in [0.15, 0.2) is 28.0 Å². The van der Waals surface area contributed by atoms with Crippen molar-refractivity contribution in [1.82, 2.24) is 19.6 Å². The molecule has 0 spiro atoms. The summed E-state index contributed by atoms with van der Waals surface area (Å²) in [6.07, 6.45) is 3.18. The molecule has 3 heterocycles. The third-order valence-corrected chi connectivity index (χ3v) is 4.32. The lowest BCUT2D eigenvalue weighted by Crippen LogP contribution is -1.90. The van der Waals surface area contributed by atoms with Crippen molar-refractivity contribution in [3.05, 3.63) is 29.6 Å². The maximum absolute atomic E-state index is 5.82. The molecule has 0 saturated heterocycles. The highest BCUT2D eigenvalue weighted by Crippen LogP contribution is 2.27. The normalized spacial score (nSPS) is 11.7. The van der Waals surface area contributed by atoms with E-state index in [9.17, 15) is 0 Å². The second-order valence-corrected chi connectivity index (χ2v) is 6.93. The molecule has 5 nitrogen and oxygen atoms in total. The molecule has 0 saturated carbocycles. The van der Waals surface area contributed by atoms with Gasteiger partial charge in [-0.2, -0.15) is 0 Å². The molecule has 0 aromatic carbocycles. The van der Waals surface area contributed by atoms with Gasteiger partial charge in [0.2, 0.25) is 0 Å². The molecule has 22 heavy (non-hydrogen) atoms. The third kappa shape index (κ3) is 3.02. The predicted molar refractivity (Wildman–Crippen MR) is 88.1 cm³/mol. The van der Waals surface area contributed by atoms with Crippen LogP contribution in [0.1, 0.15) is 31.5 Å². The van der Waals surface area contributed by atoms with Crippen molar-refractivity contribution in [2.24, 2.45) is 5.92 Å². The molecule has 0 aliphatic rings. The lowest BCUT2D eigenvalue weighted by molar-refractivity contribution is 0.463. The number of hydrogen-bond acceptors (Lipinski definition) is 5. The SMILES string of the molecule is Cc1ccc2nc(C)c(-c3nnc(SCCC(C)C)o3)n2c1. The van der Waals surface area contributed by atoms with Crippen molar-refractivity contribution < 1.29 is 4.42 Å². The summed E-state index contributed by atoms with van der Waals surface area (Å²) in [7, 11) is 0. The Morgan fingerprint density at radius 2 is 2.05 bits per heavy atom. The van der Waals surface area contributed by atoms with Crippen molar-refractivity contribution >= 4 is 17.4 Å². The number of imidazole rings is 1. The van der Waals surface area contributed by atoms with E-state index in [1.54, 1.807) is 11.8 Å². The summed E-state index contributed by atoms with van der Waals surface area (Å²) in [5.74, 6) is 2.20. The van der Waals surface area contributed by atoms with Crippen LogP contribution in [0.5, 0.6) is 0 Å². The van der Waals surface area contributed by atoms with Crippen molar-refractivity contribution in [2.75, 3.05) is 5.75 Å². The molecule has 0 aliphatic carbocycles. The lowest BCUT2D eigenvalue weighted by Gasteiger charge is -2.01. The number of aryl methyl sites for hydroxylation is 2. The topological polar surface area (TPSA) is 56.2 Å². The Morgan fingerprint density at radius 3 is 2.82 bits per heavy atom. The minimum Gasteiger partial charge on any atom is -0.410 e. The van der Waals surface area contributed by atoms with Crippen LogP contribution in [0.2, 0.25) is 0 Å². The zero-order valence-corrected chi connectivity index (χ0v) is 14.1. The van der Waals surface area contributed by atoms with Gasteiger partial charge in [0, 0.05) is 11.9 Å². The van der Waals surface area contributed by atoms with Gasteiger partial charge in [-0.05, 0) is 37.8 Å². The Bertz CT molecular complexity index is 791. The van der Waals surface area contributed by atoms with E-state index in [-0.39, 0.29) is 0 Å². The number of rotatable bonds is 5. The largest absolute Gasteiger partial charge is 0.410 e. The fraction of sp³-hybridized carbons (Fsp3) is 0.438. The highest BCUT2D eigenvalue weighted by molar-refractivity contribution is 7.99. The molecule has 0 amide bonds. The molecule has 0 atom stereocenters. The van der Waals surface area contributed by atoms with E-state index in [2.05, 4.69) is 36.0 Å². The summed E-state index contributed by atoms with van der Waals surface area (Å²) in [4.78, 5) is 4.55. The van der Waals surface area contributed by atoms with Gasteiger partial charge >= 0.3 is 0 Å². The Kier molecular flexibility index (Phi) is 4.20. The third-order valence-electron chi connectivity index (χ3n) is 3.47. The maximum atomic E-state index is 5.82. The van der Waals surface area contributed by atoms with Crippen LogP contribution >= 0.6 is 11.8 Å². The van der Waals surface area contributed by atoms with E-state index in [4.69, 9.17) is 4.42 Å². The first-order chi connectivity index (χ1) is 10.5. The molecule has 0 fully saturated rings. The molecule has 0 aliphatic heterocycles. The predicted octanol–water partition coefficient (Wildman–Crippen LogP) is 4.14. The monoisotopic (exact) mass is 316 g/mol. The fourth-order valence-corrected chi connectivity index (χ4v) is 3.27. The highest BCUT2D eigenvalue weighted by Gasteiger charge is 2.17. The average Bonchev–Trinajstić information content (AvgIpc) is 3.01. The van der Waals surface area contributed by atoms with Crippen LogP contribution in [0.3, 0.4) is 0 Å². The van der Waals surface area contributed by atoms with Crippen LogP contribution in [-0.4, -0.2) is 25.3 Å². The minimum atomic E-state index is 0.530. The first kappa shape index (κ1) is 15.1. The Morgan fingerprint density at radius 1 is 1.23 bits per heavy atom. The Balaban J connectivity index is 1.90. The van der Waals surface area contributed by atoms with Gasteiger partial charge in [0.15, 0.2) is 0 Å². The second-order valence-electron chi connectivity index (χ2n) is 5.88. The first-order valence-electron chi connectivity index (χ1n) is 7.46. The zero-order chi connectivity index (χ0) is 15.7. The van der Waals surface area contributed by atoms with Crippen LogP contribution in [0.4, 0.5) is 0 Å². The zero-order valence-electron chi connectivity index (χ0n) is 13.3. The first-order valence-corrected chi connectivity index (χ1v) is 8.45.